The van der Waals surface area contributed by atoms with Crippen molar-refractivity contribution in [3.63, 3.8) is 0 Å². The van der Waals surface area contributed by atoms with Crippen molar-refractivity contribution < 1.29 is 29.3 Å². The standard InChI is InChI=1S/C27H34N2O6/c1-27(2,13-11-24(31)29-23(12-16-30)25(32)33)14-15-28-26(34)35-17-22-20-9-5-3-7-18(20)19-8-4-6-10-21(19)22/h3-10,22-23,30H,11-17H2,1-2H3,(H,28,34)(H,29,31)(H,32,33)/t23-/m1/s1. The SMILES string of the molecule is CC(C)(CCNC(=O)OCC1c2ccccc2-c2ccccc21)CCC(=O)N[C@H](CCO)C(=O)O. The number of carboxylic acid groups (broad SMARTS) is 1. The molecule has 0 heterocycles. The van der Waals surface area contributed by atoms with E-state index in [-0.39, 0.29) is 43.3 Å². The summed E-state index contributed by atoms with van der Waals surface area (Å²) in [6.45, 7) is 4.31. The number of aliphatic hydroxyl groups is 1. The lowest BCUT2D eigenvalue weighted by Crippen LogP contribution is -2.41. The van der Waals surface area contributed by atoms with E-state index in [2.05, 4.69) is 34.9 Å². The monoisotopic (exact) mass is 482 g/mol. The van der Waals surface area contributed by atoms with Crippen LogP contribution in [-0.4, -0.2) is 54.0 Å². The summed E-state index contributed by atoms with van der Waals surface area (Å²) in [6, 6.07) is 15.2. The van der Waals surface area contributed by atoms with Crippen LogP contribution in [0.25, 0.3) is 11.1 Å². The molecule has 0 bridgehead atoms. The van der Waals surface area contributed by atoms with Crippen LogP contribution in [0.1, 0.15) is 56.6 Å². The Labute approximate surface area is 205 Å². The second kappa shape index (κ2) is 11.8. The molecule has 0 spiro atoms. The second-order valence-corrected chi connectivity index (χ2v) is 9.64. The minimum absolute atomic E-state index is 0.00330. The van der Waals surface area contributed by atoms with Crippen molar-refractivity contribution in [2.24, 2.45) is 5.41 Å². The maximum absolute atomic E-state index is 12.3. The lowest BCUT2D eigenvalue weighted by Gasteiger charge is -2.25. The Morgan fingerprint density at radius 3 is 2.17 bits per heavy atom. The minimum atomic E-state index is -1.17. The third-order valence-electron chi connectivity index (χ3n) is 6.49. The maximum atomic E-state index is 12.3. The summed E-state index contributed by atoms with van der Waals surface area (Å²) < 4.78 is 5.55. The summed E-state index contributed by atoms with van der Waals surface area (Å²) in [6.07, 6.45) is 0.802. The third-order valence-corrected chi connectivity index (χ3v) is 6.49. The Balaban J connectivity index is 1.42. The quantitative estimate of drug-likeness (QED) is 0.366. The van der Waals surface area contributed by atoms with Gasteiger partial charge in [-0.2, -0.15) is 0 Å². The summed E-state index contributed by atoms with van der Waals surface area (Å²) >= 11 is 0. The van der Waals surface area contributed by atoms with E-state index in [4.69, 9.17) is 14.9 Å². The molecule has 8 heteroatoms. The van der Waals surface area contributed by atoms with Gasteiger partial charge in [-0.05, 0) is 40.5 Å². The number of hydrogen-bond donors (Lipinski definition) is 4. The van der Waals surface area contributed by atoms with E-state index in [1.807, 2.05) is 38.1 Å². The largest absolute Gasteiger partial charge is 0.480 e. The molecule has 35 heavy (non-hydrogen) atoms. The molecule has 0 aliphatic heterocycles. The molecular weight excluding hydrogens is 448 g/mol. The van der Waals surface area contributed by atoms with Gasteiger partial charge < -0.3 is 25.6 Å². The second-order valence-electron chi connectivity index (χ2n) is 9.64. The Morgan fingerprint density at radius 1 is 1.00 bits per heavy atom. The molecule has 1 atom stereocenters. The first-order valence-electron chi connectivity index (χ1n) is 11.9. The molecule has 1 aliphatic rings. The molecule has 1 aliphatic carbocycles. The molecular formula is C27H34N2O6. The number of hydrogen-bond acceptors (Lipinski definition) is 5. The number of carbonyl (C=O) groups is 3. The van der Waals surface area contributed by atoms with E-state index < -0.39 is 18.1 Å². The number of fused-ring (bicyclic) bond motifs is 3. The number of benzene rings is 2. The van der Waals surface area contributed by atoms with Gasteiger partial charge in [0.1, 0.15) is 12.6 Å². The molecule has 0 saturated heterocycles. The summed E-state index contributed by atoms with van der Waals surface area (Å²) in [5.41, 5.74) is 4.42. The van der Waals surface area contributed by atoms with Gasteiger partial charge in [0.05, 0.1) is 0 Å². The van der Waals surface area contributed by atoms with Crippen LogP contribution in [0.2, 0.25) is 0 Å². The molecule has 0 aromatic heterocycles. The fourth-order valence-electron chi connectivity index (χ4n) is 4.38. The van der Waals surface area contributed by atoms with E-state index in [9.17, 15) is 14.4 Å². The predicted octanol–water partition coefficient (Wildman–Crippen LogP) is 3.67. The number of aliphatic carboxylic acids is 1. The zero-order valence-corrected chi connectivity index (χ0v) is 20.3. The molecule has 2 aromatic carbocycles. The van der Waals surface area contributed by atoms with Crippen LogP contribution in [0.5, 0.6) is 0 Å². The highest BCUT2D eigenvalue weighted by molar-refractivity contribution is 5.83. The number of nitrogens with one attached hydrogen (secondary N) is 2. The van der Waals surface area contributed by atoms with E-state index in [0.29, 0.717) is 19.4 Å². The molecule has 4 N–H and O–H groups in total. The highest BCUT2D eigenvalue weighted by Crippen LogP contribution is 2.44. The Bertz CT molecular complexity index is 1010. The normalized spacial score (nSPS) is 13.5. The van der Waals surface area contributed by atoms with Crippen molar-refractivity contribution >= 4 is 18.0 Å². The molecule has 188 valence electrons. The Hall–Kier alpha value is -3.39. The number of ether oxygens (including phenoxy) is 1. The summed E-state index contributed by atoms with van der Waals surface area (Å²) in [5, 5.41) is 23.2. The highest BCUT2D eigenvalue weighted by atomic mass is 16.5. The van der Waals surface area contributed by atoms with Crippen molar-refractivity contribution in [2.75, 3.05) is 19.8 Å². The lowest BCUT2D eigenvalue weighted by atomic mass is 9.84. The highest BCUT2D eigenvalue weighted by Gasteiger charge is 2.29. The average molecular weight is 483 g/mol. The molecule has 0 unspecified atom stereocenters. The number of alkyl carbamates (subject to hydrolysis) is 1. The van der Waals surface area contributed by atoms with Crippen LogP contribution < -0.4 is 10.6 Å². The molecule has 2 aromatic rings. The van der Waals surface area contributed by atoms with Gasteiger partial charge in [0.25, 0.3) is 0 Å². The first-order valence-corrected chi connectivity index (χ1v) is 11.9. The topological polar surface area (TPSA) is 125 Å². The van der Waals surface area contributed by atoms with Crippen LogP contribution in [0.3, 0.4) is 0 Å². The Kier molecular flexibility index (Phi) is 8.87. The third kappa shape index (κ3) is 7.05. The average Bonchev–Trinajstić information content (AvgIpc) is 3.15. The van der Waals surface area contributed by atoms with Crippen LogP contribution in [0.15, 0.2) is 48.5 Å². The molecule has 0 saturated carbocycles. The van der Waals surface area contributed by atoms with Crippen LogP contribution in [0.4, 0.5) is 4.79 Å². The molecule has 8 nitrogen and oxygen atoms in total. The zero-order valence-electron chi connectivity index (χ0n) is 20.3. The van der Waals surface area contributed by atoms with E-state index in [0.717, 1.165) is 11.1 Å². The van der Waals surface area contributed by atoms with Crippen molar-refractivity contribution in [2.45, 2.75) is 51.5 Å². The number of aliphatic hydroxyl groups excluding tert-OH is 1. The van der Waals surface area contributed by atoms with Gasteiger partial charge in [0.15, 0.2) is 0 Å². The van der Waals surface area contributed by atoms with Gasteiger partial charge in [-0.1, -0.05) is 62.4 Å². The molecule has 3 rings (SSSR count). The van der Waals surface area contributed by atoms with Gasteiger partial charge in [-0.15, -0.1) is 0 Å². The maximum Gasteiger partial charge on any atom is 0.407 e. The fourth-order valence-corrected chi connectivity index (χ4v) is 4.38. The zero-order chi connectivity index (χ0) is 25.4. The van der Waals surface area contributed by atoms with Crippen molar-refractivity contribution in [3.05, 3.63) is 59.7 Å². The smallest absolute Gasteiger partial charge is 0.407 e. The van der Waals surface area contributed by atoms with Crippen molar-refractivity contribution in [3.8, 4) is 11.1 Å². The van der Waals surface area contributed by atoms with Gasteiger partial charge in [0.2, 0.25) is 5.91 Å². The Morgan fingerprint density at radius 2 is 1.60 bits per heavy atom. The predicted molar refractivity (Wildman–Crippen MR) is 132 cm³/mol. The van der Waals surface area contributed by atoms with Gasteiger partial charge in [-0.25, -0.2) is 9.59 Å². The van der Waals surface area contributed by atoms with Crippen LogP contribution >= 0.6 is 0 Å². The molecule has 0 radical (unpaired) electrons. The van der Waals surface area contributed by atoms with Crippen molar-refractivity contribution in [1.29, 1.82) is 0 Å². The minimum Gasteiger partial charge on any atom is -0.480 e. The van der Waals surface area contributed by atoms with Gasteiger partial charge in [0, 0.05) is 31.9 Å². The van der Waals surface area contributed by atoms with E-state index in [1.54, 1.807) is 0 Å². The van der Waals surface area contributed by atoms with Gasteiger partial charge in [-0.3, -0.25) is 4.79 Å². The van der Waals surface area contributed by atoms with Crippen molar-refractivity contribution in [1.82, 2.24) is 10.6 Å². The van der Waals surface area contributed by atoms with Gasteiger partial charge >= 0.3 is 12.1 Å². The first kappa shape index (κ1) is 26.2. The fraction of sp³-hybridized carbons (Fsp3) is 0.444. The number of rotatable bonds is 12. The summed E-state index contributed by atoms with van der Waals surface area (Å²) in [5.74, 6) is -1.54. The van der Waals surface area contributed by atoms with E-state index >= 15 is 0 Å². The number of carbonyl (C=O) groups excluding carboxylic acids is 2. The number of carboxylic acids is 1. The summed E-state index contributed by atoms with van der Waals surface area (Å²) in [7, 11) is 0. The van der Waals surface area contributed by atoms with Crippen LogP contribution in [0, 0.1) is 5.41 Å². The summed E-state index contributed by atoms with van der Waals surface area (Å²) in [4.78, 5) is 35.6. The first-order chi connectivity index (χ1) is 16.7. The van der Waals surface area contributed by atoms with Crippen LogP contribution in [-0.2, 0) is 14.3 Å². The molecule has 2 amide bonds. The molecule has 0 fully saturated rings. The lowest BCUT2D eigenvalue weighted by molar-refractivity contribution is -0.142. The number of amides is 2. The van der Waals surface area contributed by atoms with E-state index in [1.165, 1.54) is 11.1 Å².